The number of rotatable bonds is 1. The lowest BCUT2D eigenvalue weighted by Crippen LogP contribution is -2.26. The van der Waals surface area contributed by atoms with Crippen molar-refractivity contribution in [1.82, 2.24) is 5.32 Å². The Balaban J connectivity index is 2.24. The van der Waals surface area contributed by atoms with Crippen LogP contribution in [-0.2, 0) is 0 Å². The summed E-state index contributed by atoms with van der Waals surface area (Å²) in [6.07, 6.45) is 2.37. The molecule has 1 fully saturated rings. The van der Waals surface area contributed by atoms with Crippen molar-refractivity contribution in [1.29, 1.82) is 5.26 Å². The van der Waals surface area contributed by atoms with Crippen LogP contribution in [0.25, 0.3) is 0 Å². The Morgan fingerprint density at radius 2 is 2.07 bits per heavy atom. The van der Waals surface area contributed by atoms with Crippen molar-refractivity contribution in [2.45, 2.75) is 18.8 Å². The van der Waals surface area contributed by atoms with Crippen LogP contribution in [0.3, 0.4) is 0 Å². The van der Waals surface area contributed by atoms with Gasteiger partial charge in [-0.25, -0.2) is 0 Å². The lowest BCUT2D eigenvalue weighted by Gasteiger charge is -2.23. The Kier molecular flexibility index (Phi) is 3.40. The van der Waals surface area contributed by atoms with Crippen LogP contribution in [0.4, 0.5) is 0 Å². The van der Waals surface area contributed by atoms with E-state index in [1.807, 2.05) is 12.1 Å². The molecule has 1 saturated heterocycles. The van der Waals surface area contributed by atoms with Crippen molar-refractivity contribution < 1.29 is 0 Å². The molecule has 1 heterocycles. The van der Waals surface area contributed by atoms with E-state index in [2.05, 4.69) is 33.4 Å². The van der Waals surface area contributed by atoms with E-state index in [-0.39, 0.29) is 0 Å². The van der Waals surface area contributed by atoms with E-state index >= 15 is 0 Å². The topological polar surface area (TPSA) is 35.8 Å². The van der Waals surface area contributed by atoms with Gasteiger partial charge in [0.05, 0.1) is 11.6 Å². The number of hydrogen-bond donors (Lipinski definition) is 1. The van der Waals surface area contributed by atoms with E-state index in [0.717, 1.165) is 23.1 Å². The first-order valence-electron chi connectivity index (χ1n) is 5.21. The van der Waals surface area contributed by atoms with Crippen molar-refractivity contribution in [2.24, 2.45) is 0 Å². The number of halogens is 1. The van der Waals surface area contributed by atoms with Crippen LogP contribution in [0, 0.1) is 11.3 Å². The smallest absolute Gasteiger partial charge is 0.0992 e. The molecule has 0 atom stereocenters. The molecule has 1 aromatic carbocycles. The molecule has 0 spiro atoms. The fourth-order valence-electron chi connectivity index (χ4n) is 2.06. The normalized spacial score (nSPS) is 17.3. The summed E-state index contributed by atoms with van der Waals surface area (Å²) in [6, 6.07) is 8.06. The molecule has 78 valence electrons. The molecule has 1 aromatic rings. The molecule has 1 aliphatic rings. The van der Waals surface area contributed by atoms with Gasteiger partial charge in [0.2, 0.25) is 0 Å². The highest BCUT2D eigenvalue weighted by Gasteiger charge is 2.17. The predicted octanol–water partition coefficient (Wildman–Crippen LogP) is 2.79. The van der Waals surface area contributed by atoms with Gasteiger partial charge in [0, 0.05) is 4.47 Å². The van der Waals surface area contributed by atoms with Gasteiger partial charge >= 0.3 is 0 Å². The first-order chi connectivity index (χ1) is 7.31. The summed E-state index contributed by atoms with van der Waals surface area (Å²) in [5, 5.41) is 12.1. The molecule has 0 saturated carbocycles. The average Bonchev–Trinajstić information content (AvgIpc) is 2.30. The zero-order valence-electron chi connectivity index (χ0n) is 8.46. The third-order valence-electron chi connectivity index (χ3n) is 2.91. The fourth-order valence-corrected chi connectivity index (χ4v) is 2.76. The number of nitrogens with one attached hydrogen (secondary N) is 1. The first-order valence-corrected chi connectivity index (χ1v) is 6.01. The van der Waals surface area contributed by atoms with E-state index in [9.17, 15) is 0 Å². The molecule has 15 heavy (non-hydrogen) atoms. The maximum absolute atomic E-state index is 8.78. The number of piperidine rings is 1. The molecule has 0 unspecified atom stereocenters. The number of nitriles is 1. The first kappa shape index (κ1) is 10.7. The van der Waals surface area contributed by atoms with E-state index in [0.29, 0.717) is 5.92 Å². The molecule has 0 bridgehead atoms. The fraction of sp³-hybridized carbons (Fsp3) is 0.417. The van der Waals surface area contributed by atoms with Crippen LogP contribution >= 0.6 is 15.9 Å². The summed E-state index contributed by atoms with van der Waals surface area (Å²) in [7, 11) is 0. The molecule has 1 aliphatic heterocycles. The molecular weight excluding hydrogens is 252 g/mol. The molecule has 1 N–H and O–H groups in total. The largest absolute Gasteiger partial charge is 0.317 e. The molecule has 3 heteroatoms. The number of benzene rings is 1. The third-order valence-corrected chi connectivity index (χ3v) is 3.60. The second-order valence-electron chi connectivity index (χ2n) is 3.87. The third kappa shape index (κ3) is 2.39. The van der Waals surface area contributed by atoms with Crippen LogP contribution in [0.2, 0.25) is 0 Å². The lowest BCUT2D eigenvalue weighted by molar-refractivity contribution is 0.459. The second kappa shape index (κ2) is 4.78. The maximum Gasteiger partial charge on any atom is 0.0992 e. The Bertz CT molecular complexity index is 389. The standard InChI is InChI=1S/C12H13BrN2/c13-12-7-9(8-14)1-2-11(12)10-3-5-15-6-4-10/h1-2,7,10,15H,3-6H2. The lowest BCUT2D eigenvalue weighted by atomic mass is 9.90. The van der Waals surface area contributed by atoms with Crippen molar-refractivity contribution in [3.05, 3.63) is 33.8 Å². The monoisotopic (exact) mass is 264 g/mol. The Morgan fingerprint density at radius 1 is 1.33 bits per heavy atom. The van der Waals surface area contributed by atoms with Gasteiger partial charge in [-0.3, -0.25) is 0 Å². The minimum Gasteiger partial charge on any atom is -0.317 e. The Hall–Kier alpha value is -0.850. The highest BCUT2D eigenvalue weighted by molar-refractivity contribution is 9.10. The van der Waals surface area contributed by atoms with Crippen LogP contribution in [0.15, 0.2) is 22.7 Å². The molecule has 2 nitrogen and oxygen atoms in total. The highest BCUT2D eigenvalue weighted by atomic mass is 79.9. The van der Waals surface area contributed by atoms with E-state index < -0.39 is 0 Å². The predicted molar refractivity (Wildman–Crippen MR) is 63.7 cm³/mol. The minimum absolute atomic E-state index is 0.633. The van der Waals surface area contributed by atoms with Gasteiger partial charge in [0.1, 0.15) is 0 Å². The van der Waals surface area contributed by atoms with Crippen LogP contribution in [-0.4, -0.2) is 13.1 Å². The summed E-state index contributed by atoms with van der Waals surface area (Å²) in [5.41, 5.74) is 2.06. The van der Waals surface area contributed by atoms with E-state index in [1.54, 1.807) is 0 Å². The summed E-state index contributed by atoms with van der Waals surface area (Å²) < 4.78 is 1.08. The van der Waals surface area contributed by atoms with Gasteiger partial charge in [0.25, 0.3) is 0 Å². The minimum atomic E-state index is 0.633. The van der Waals surface area contributed by atoms with E-state index in [1.165, 1.54) is 18.4 Å². The van der Waals surface area contributed by atoms with Crippen molar-refractivity contribution in [2.75, 3.05) is 13.1 Å². The van der Waals surface area contributed by atoms with Crippen LogP contribution in [0.5, 0.6) is 0 Å². The molecule has 0 radical (unpaired) electrons. The summed E-state index contributed by atoms with van der Waals surface area (Å²) >= 11 is 3.55. The number of nitrogens with zero attached hydrogens (tertiary/aromatic N) is 1. The van der Waals surface area contributed by atoms with Gasteiger partial charge in [0.15, 0.2) is 0 Å². The summed E-state index contributed by atoms with van der Waals surface area (Å²) in [6.45, 7) is 2.19. The zero-order chi connectivity index (χ0) is 10.7. The molecule has 0 aromatic heterocycles. The Morgan fingerprint density at radius 3 is 2.67 bits per heavy atom. The Labute approximate surface area is 98.4 Å². The van der Waals surface area contributed by atoms with Crippen LogP contribution in [0.1, 0.15) is 29.9 Å². The second-order valence-corrected chi connectivity index (χ2v) is 4.73. The van der Waals surface area contributed by atoms with Crippen molar-refractivity contribution >= 4 is 15.9 Å². The molecule has 2 rings (SSSR count). The summed E-state index contributed by atoms with van der Waals surface area (Å²) in [5.74, 6) is 0.633. The van der Waals surface area contributed by atoms with Crippen molar-refractivity contribution in [3.63, 3.8) is 0 Å². The zero-order valence-corrected chi connectivity index (χ0v) is 10.0. The SMILES string of the molecule is N#Cc1ccc(C2CCNCC2)c(Br)c1. The molecule has 0 aliphatic carbocycles. The van der Waals surface area contributed by atoms with Gasteiger partial charge in [-0.2, -0.15) is 5.26 Å². The molecule has 0 amide bonds. The van der Waals surface area contributed by atoms with E-state index in [4.69, 9.17) is 5.26 Å². The average molecular weight is 265 g/mol. The quantitative estimate of drug-likeness (QED) is 0.847. The van der Waals surface area contributed by atoms with Gasteiger partial charge in [-0.1, -0.05) is 22.0 Å². The van der Waals surface area contributed by atoms with Gasteiger partial charge in [-0.15, -0.1) is 0 Å². The van der Waals surface area contributed by atoms with Gasteiger partial charge < -0.3 is 5.32 Å². The summed E-state index contributed by atoms with van der Waals surface area (Å²) in [4.78, 5) is 0. The molecular formula is C12H13BrN2. The van der Waals surface area contributed by atoms with Crippen LogP contribution < -0.4 is 5.32 Å². The highest BCUT2D eigenvalue weighted by Crippen LogP contribution is 2.31. The van der Waals surface area contributed by atoms with Gasteiger partial charge in [-0.05, 0) is 49.5 Å². The van der Waals surface area contributed by atoms with Crippen molar-refractivity contribution in [3.8, 4) is 6.07 Å². The maximum atomic E-state index is 8.78. The number of hydrogen-bond acceptors (Lipinski definition) is 2.